The quantitative estimate of drug-likeness (QED) is 0.411. The molecular weight excluding hydrogens is 259 g/mol. The number of hydrogen-bond acceptors (Lipinski definition) is 3. The van der Waals surface area contributed by atoms with E-state index in [4.69, 9.17) is 9.47 Å². The molecule has 11 heavy (non-hydrogen) atoms. The molecule has 3 nitrogen and oxygen atoms in total. The molecule has 0 saturated carbocycles. The maximum atomic E-state index is 10.5. The van der Waals surface area contributed by atoms with E-state index in [1.165, 1.54) is 6.92 Å². The second-order valence-electron chi connectivity index (χ2n) is 2.55. The van der Waals surface area contributed by atoms with Crippen molar-refractivity contribution >= 4 is 28.6 Å². The van der Waals surface area contributed by atoms with Crippen LogP contribution in [0.5, 0.6) is 0 Å². The first-order valence-electron chi connectivity index (χ1n) is 3.61. The molecule has 1 heterocycles. The van der Waals surface area contributed by atoms with Crippen LogP contribution in [0.3, 0.4) is 0 Å². The summed E-state index contributed by atoms with van der Waals surface area (Å²) < 4.78 is 10.7. The Morgan fingerprint density at radius 3 is 2.82 bits per heavy atom. The minimum absolute atomic E-state index is 0.262. The molecule has 0 bridgehead atoms. The van der Waals surface area contributed by atoms with E-state index in [-0.39, 0.29) is 12.3 Å². The smallest absolute Gasteiger partial charge is 0.304 e. The van der Waals surface area contributed by atoms with Crippen LogP contribution in [0, 0.1) is 0 Å². The van der Waals surface area contributed by atoms with Crippen LogP contribution >= 0.6 is 22.6 Å². The topological polar surface area (TPSA) is 35.5 Å². The molecule has 1 fully saturated rings. The van der Waals surface area contributed by atoms with Crippen LogP contribution in [0.1, 0.15) is 19.8 Å². The van der Waals surface area contributed by atoms with E-state index in [1.807, 2.05) is 0 Å². The van der Waals surface area contributed by atoms with E-state index in [9.17, 15) is 4.79 Å². The fraction of sp³-hybridized carbons (Fsp3) is 0.857. The molecule has 0 spiro atoms. The number of ether oxygens (including phenoxy) is 2. The average Bonchev–Trinajstić information content (AvgIpc) is 1.93. The molecule has 1 aliphatic heterocycles. The van der Waals surface area contributed by atoms with Crippen molar-refractivity contribution in [3.05, 3.63) is 0 Å². The number of carbonyl (C=O) groups is 1. The van der Waals surface area contributed by atoms with Crippen molar-refractivity contribution < 1.29 is 14.3 Å². The van der Waals surface area contributed by atoms with Crippen molar-refractivity contribution in [2.24, 2.45) is 0 Å². The summed E-state index contributed by atoms with van der Waals surface area (Å²) in [5.41, 5.74) is 0. The predicted octanol–water partition coefficient (Wildman–Crippen LogP) is 1.49. The highest BCUT2D eigenvalue weighted by Gasteiger charge is 2.21. The van der Waals surface area contributed by atoms with Gasteiger partial charge in [0.25, 0.3) is 0 Å². The largest absolute Gasteiger partial charge is 0.436 e. The lowest BCUT2D eigenvalue weighted by atomic mass is 10.2. The Morgan fingerprint density at radius 1 is 1.64 bits per heavy atom. The molecule has 1 rings (SSSR count). The molecule has 0 aliphatic carbocycles. The molecule has 0 aromatic carbocycles. The predicted molar refractivity (Wildman–Crippen MR) is 48.5 cm³/mol. The van der Waals surface area contributed by atoms with Crippen molar-refractivity contribution in [1.82, 2.24) is 0 Å². The summed E-state index contributed by atoms with van der Waals surface area (Å²) in [6.07, 6.45) is 1.60. The standard InChI is InChI=1S/C7H11IO3/c1-5(9)11-7-3-2-6(8)4-10-7/h6-7H,2-4H2,1H3/t6-,7?/m0/s1. The second kappa shape index (κ2) is 4.25. The summed E-state index contributed by atoms with van der Waals surface area (Å²) in [7, 11) is 0. The van der Waals surface area contributed by atoms with Gasteiger partial charge in [0.05, 0.1) is 6.61 Å². The molecule has 4 heteroatoms. The molecule has 1 aliphatic rings. The van der Waals surface area contributed by atoms with Gasteiger partial charge in [-0.05, 0) is 6.42 Å². The highest BCUT2D eigenvalue weighted by Crippen LogP contribution is 2.20. The zero-order valence-electron chi connectivity index (χ0n) is 6.38. The van der Waals surface area contributed by atoms with Crippen LogP contribution in [0.15, 0.2) is 0 Å². The summed E-state index contributed by atoms with van der Waals surface area (Å²) in [4.78, 5) is 10.5. The van der Waals surface area contributed by atoms with Crippen molar-refractivity contribution in [2.45, 2.75) is 30.0 Å². The molecular formula is C7H11IO3. The SMILES string of the molecule is CC(=O)OC1CC[C@H](I)CO1. The van der Waals surface area contributed by atoms with Crippen molar-refractivity contribution in [3.63, 3.8) is 0 Å². The highest BCUT2D eigenvalue weighted by atomic mass is 127. The second-order valence-corrected chi connectivity index (χ2v) is 4.31. The Balaban J connectivity index is 2.22. The number of hydrogen-bond donors (Lipinski definition) is 0. The van der Waals surface area contributed by atoms with Crippen LogP contribution in [-0.4, -0.2) is 22.8 Å². The summed E-state index contributed by atoms with van der Waals surface area (Å²) in [5.74, 6) is -0.262. The first-order chi connectivity index (χ1) is 5.18. The minimum Gasteiger partial charge on any atom is -0.436 e. The van der Waals surface area contributed by atoms with Gasteiger partial charge in [0.2, 0.25) is 6.29 Å². The lowest BCUT2D eigenvalue weighted by molar-refractivity contribution is -0.183. The van der Waals surface area contributed by atoms with Gasteiger partial charge in [0.1, 0.15) is 0 Å². The highest BCUT2D eigenvalue weighted by molar-refractivity contribution is 14.1. The number of halogens is 1. The lowest BCUT2D eigenvalue weighted by Gasteiger charge is -2.24. The Labute approximate surface area is 79.6 Å². The van der Waals surface area contributed by atoms with Crippen LogP contribution < -0.4 is 0 Å². The van der Waals surface area contributed by atoms with Gasteiger partial charge >= 0.3 is 5.97 Å². The number of esters is 1. The molecule has 1 saturated heterocycles. The molecule has 2 atom stereocenters. The van der Waals surface area contributed by atoms with Gasteiger partial charge < -0.3 is 9.47 Å². The van der Waals surface area contributed by atoms with E-state index in [0.29, 0.717) is 10.5 Å². The Kier molecular flexibility index (Phi) is 3.58. The molecule has 0 radical (unpaired) electrons. The van der Waals surface area contributed by atoms with E-state index < -0.39 is 0 Å². The fourth-order valence-corrected chi connectivity index (χ4v) is 1.54. The summed E-state index contributed by atoms with van der Waals surface area (Å²) >= 11 is 2.33. The van der Waals surface area contributed by atoms with E-state index in [0.717, 1.165) is 12.8 Å². The number of rotatable bonds is 1. The Hall–Kier alpha value is 0.160. The van der Waals surface area contributed by atoms with Crippen LogP contribution in [0.2, 0.25) is 0 Å². The average molecular weight is 270 g/mol. The van der Waals surface area contributed by atoms with Crippen LogP contribution in [-0.2, 0) is 14.3 Å². The van der Waals surface area contributed by atoms with Gasteiger partial charge in [-0.25, -0.2) is 0 Å². The van der Waals surface area contributed by atoms with Crippen molar-refractivity contribution in [2.75, 3.05) is 6.61 Å². The maximum Gasteiger partial charge on any atom is 0.304 e. The molecule has 0 aromatic rings. The van der Waals surface area contributed by atoms with Gasteiger partial charge in [-0.15, -0.1) is 0 Å². The molecule has 0 N–H and O–H groups in total. The molecule has 64 valence electrons. The Bertz CT molecular complexity index is 141. The van der Waals surface area contributed by atoms with Crippen molar-refractivity contribution in [3.8, 4) is 0 Å². The minimum atomic E-state index is -0.293. The third kappa shape index (κ3) is 3.37. The van der Waals surface area contributed by atoms with Crippen LogP contribution in [0.4, 0.5) is 0 Å². The lowest BCUT2D eigenvalue weighted by Crippen LogP contribution is -2.29. The summed E-state index contributed by atoms with van der Waals surface area (Å²) in [6.45, 7) is 2.10. The fourth-order valence-electron chi connectivity index (χ4n) is 0.973. The van der Waals surface area contributed by atoms with Gasteiger partial charge in [-0.2, -0.15) is 0 Å². The van der Waals surface area contributed by atoms with Gasteiger partial charge in [-0.1, -0.05) is 22.6 Å². The first kappa shape index (κ1) is 9.25. The van der Waals surface area contributed by atoms with E-state index in [1.54, 1.807) is 0 Å². The van der Waals surface area contributed by atoms with E-state index in [2.05, 4.69) is 22.6 Å². The third-order valence-corrected chi connectivity index (χ3v) is 2.46. The van der Waals surface area contributed by atoms with Gasteiger partial charge in [0, 0.05) is 17.3 Å². The monoisotopic (exact) mass is 270 g/mol. The maximum absolute atomic E-state index is 10.5. The van der Waals surface area contributed by atoms with E-state index >= 15 is 0 Å². The van der Waals surface area contributed by atoms with Crippen LogP contribution in [0.25, 0.3) is 0 Å². The van der Waals surface area contributed by atoms with Gasteiger partial charge in [-0.3, -0.25) is 4.79 Å². The zero-order valence-corrected chi connectivity index (χ0v) is 8.54. The first-order valence-corrected chi connectivity index (χ1v) is 4.86. The zero-order chi connectivity index (χ0) is 8.27. The number of alkyl halides is 1. The van der Waals surface area contributed by atoms with Crippen molar-refractivity contribution in [1.29, 1.82) is 0 Å². The number of carbonyl (C=O) groups excluding carboxylic acids is 1. The molecule has 0 aromatic heterocycles. The molecule has 1 unspecified atom stereocenters. The summed E-state index contributed by atoms with van der Waals surface area (Å²) in [6, 6.07) is 0. The molecule has 0 amide bonds. The Morgan fingerprint density at radius 2 is 2.36 bits per heavy atom. The normalized spacial score (nSPS) is 31.5. The van der Waals surface area contributed by atoms with Gasteiger partial charge in [0.15, 0.2) is 0 Å². The summed E-state index contributed by atoms with van der Waals surface area (Å²) in [5, 5.41) is 0. The third-order valence-electron chi connectivity index (χ3n) is 1.48.